The van der Waals surface area contributed by atoms with Gasteiger partial charge in [0.2, 0.25) is 0 Å². The Kier molecular flexibility index (Phi) is 5.82. The zero-order chi connectivity index (χ0) is 22.1. The number of hydrogen-bond donors (Lipinski definition) is 1. The molecule has 6 heteroatoms. The van der Waals surface area contributed by atoms with Crippen molar-refractivity contribution in [2.75, 3.05) is 18.1 Å². The zero-order valence-corrected chi connectivity index (χ0v) is 22.1. The van der Waals surface area contributed by atoms with Crippen LogP contribution in [-0.2, 0) is 35.5 Å². The molecule has 0 atom stereocenters. The number of aryl methyl sites for hydroxylation is 1. The molecule has 2 heterocycles. The minimum absolute atomic E-state index is 0.0000236. The number of aliphatic imine (C=N–C) groups is 1. The summed E-state index contributed by atoms with van der Waals surface area (Å²) in [4.78, 5) is 22.3. The van der Waals surface area contributed by atoms with Crippen LogP contribution in [0.5, 0.6) is 5.75 Å². The van der Waals surface area contributed by atoms with Crippen molar-refractivity contribution >= 4 is 20.4 Å². The van der Waals surface area contributed by atoms with Crippen molar-refractivity contribution in [3.63, 3.8) is 0 Å². The minimum atomic E-state index is -1.58. The van der Waals surface area contributed by atoms with Crippen LogP contribution in [-0.4, -0.2) is 34.8 Å². The molecule has 5 rings (SSSR count). The number of aromatic hydroxyl groups is 1. The molecule has 0 unspecified atom stereocenters. The Morgan fingerprint density at radius 1 is 0.969 bits per heavy atom. The van der Waals surface area contributed by atoms with E-state index in [0.29, 0.717) is 18.8 Å². The van der Waals surface area contributed by atoms with Gasteiger partial charge >= 0.3 is 201 Å². The van der Waals surface area contributed by atoms with Crippen LogP contribution in [0.3, 0.4) is 0 Å². The molecule has 5 nitrogen and oxygen atoms in total. The van der Waals surface area contributed by atoms with E-state index in [1.54, 1.807) is 12.1 Å². The van der Waals surface area contributed by atoms with E-state index in [1.807, 2.05) is 47.4 Å². The summed E-state index contributed by atoms with van der Waals surface area (Å²) in [5, 5.41) is 9.69. The molecular formula is C26H23CdN3O2. The molecule has 0 fully saturated rings. The van der Waals surface area contributed by atoms with Crippen LogP contribution in [0.2, 0.25) is 0 Å². The van der Waals surface area contributed by atoms with Crippen LogP contribution < -0.4 is 8.02 Å². The Hall–Kier alpha value is -2.94. The van der Waals surface area contributed by atoms with Gasteiger partial charge in [-0.05, 0) is 0 Å². The molecule has 0 bridgehead atoms. The SMILES string of the molecule is Cc1cc[c]([Cd][C]2=C3N=C(Cc4ccccc4)C(=O)N3CN(c3ccc(O)cc3)C2)cc1. The number of anilines is 1. The fraction of sp³-hybridized carbons (Fsp3) is 0.154. The molecule has 0 radical (unpaired) electrons. The van der Waals surface area contributed by atoms with Crippen molar-refractivity contribution in [3.8, 4) is 5.75 Å². The summed E-state index contributed by atoms with van der Waals surface area (Å²) in [6.45, 7) is 3.35. The number of phenols is 1. The molecule has 2 aliphatic rings. The number of phenolic OH excluding ortho intramolecular Hbond substituents is 1. The summed E-state index contributed by atoms with van der Waals surface area (Å²) in [7, 11) is 0. The van der Waals surface area contributed by atoms with E-state index in [9.17, 15) is 9.90 Å². The molecule has 0 spiro atoms. The van der Waals surface area contributed by atoms with Crippen LogP contribution in [0.25, 0.3) is 0 Å². The molecule has 2 aliphatic heterocycles. The summed E-state index contributed by atoms with van der Waals surface area (Å²) in [5.41, 5.74) is 3.97. The number of carbonyl (C=O) groups is 1. The predicted octanol–water partition coefficient (Wildman–Crippen LogP) is 3.58. The zero-order valence-electron chi connectivity index (χ0n) is 18.0. The third-order valence-electron chi connectivity index (χ3n) is 5.97. The molecule has 3 aromatic rings. The topological polar surface area (TPSA) is 56.1 Å². The molecular weight excluding hydrogens is 499 g/mol. The van der Waals surface area contributed by atoms with Crippen molar-refractivity contribution in [1.82, 2.24) is 4.90 Å². The van der Waals surface area contributed by atoms with Crippen LogP contribution >= 0.6 is 0 Å². The van der Waals surface area contributed by atoms with Crippen molar-refractivity contribution in [2.45, 2.75) is 13.3 Å². The van der Waals surface area contributed by atoms with Crippen LogP contribution in [0, 0.1) is 6.92 Å². The first-order valence-electron chi connectivity index (χ1n) is 10.8. The van der Waals surface area contributed by atoms with Gasteiger partial charge in [0.25, 0.3) is 0 Å². The molecule has 32 heavy (non-hydrogen) atoms. The Balaban J connectivity index is 1.49. The monoisotopic (exact) mass is 523 g/mol. The van der Waals surface area contributed by atoms with Gasteiger partial charge in [-0.3, -0.25) is 0 Å². The third kappa shape index (κ3) is 4.34. The number of nitrogens with zero attached hydrogens (tertiary/aromatic N) is 3. The van der Waals surface area contributed by atoms with Gasteiger partial charge in [-0.2, -0.15) is 0 Å². The first kappa shape index (κ1) is 20.9. The molecule has 0 saturated carbocycles. The maximum atomic E-state index is 13.3. The normalized spacial score (nSPS) is 15.5. The first-order chi connectivity index (χ1) is 15.6. The number of hydrogen-bond acceptors (Lipinski definition) is 4. The number of rotatable bonds is 5. The Morgan fingerprint density at radius 2 is 1.69 bits per heavy atom. The molecule has 3 aromatic carbocycles. The van der Waals surface area contributed by atoms with Gasteiger partial charge in [-0.1, -0.05) is 0 Å². The number of amides is 1. The van der Waals surface area contributed by atoms with E-state index in [-0.39, 0.29) is 11.7 Å². The first-order valence-corrected chi connectivity index (χ1v) is 14.9. The molecule has 0 saturated heterocycles. The number of fused-ring (bicyclic) bond motifs is 1. The van der Waals surface area contributed by atoms with Crippen molar-refractivity contribution in [2.24, 2.45) is 4.99 Å². The van der Waals surface area contributed by atoms with E-state index in [0.717, 1.165) is 23.6 Å². The second-order valence-electron chi connectivity index (χ2n) is 8.40. The average Bonchev–Trinajstić information content (AvgIpc) is 3.12. The van der Waals surface area contributed by atoms with Crippen LogP contribution in [0.4, 0.5) is 5.69 Å². The van der Waals surface area contributed by atoms with E-state index in [1.165, 1.54) is 11.8 Å². The van der Waals surface area contributed by atoms with Crippen molar-refractivity contribution in [3.05, 3.63) is 98.9 Å². The van der Waals surface area contributed by atoms with E-state index >= 15 is 0 Å². The fourth-order valence-electron chi connectivity index (χ4n) is 4.24. The van der Waals surface area contributed by atoms with E-state index in [2.05, 4.69) is 36.1 Å². The maximum absolute atomic E-state index is 13.3. The number of benzene rings is 3. The number of carbonyl (C=O) groups excluding carboxylic acids is 1. The summed E-state index contributed by atoms with van der Waals surface area (Å²) < 4.78 is 2.73. The Labute approximate surface area is 199 Å². The average molecular weight is 522 g/mol. The van der Waals surface area contributed by atoms with Gasteiger partial charge in [0.05, 0.1) is 0 Å². The standard InChI is InChI=1S/C19H16N3O2.C7H7.Cd/c23-16-8-6-15(7-9-16)21-11-10-18-20-17(19(24)22(18)13-21)12-14-4-2-1-3-5-14;1-7-5-3-2-4-6-7;/h1-9,23H,11-13H2;3-6H,1H3;. The summed E-state index contributed by atoms with van der Waals surface area (Å²) >= 11 is -1.58. The fourth-order valence-corrected chi connectivity index (χ4v) is 9.30. The van der Waals surface area contributed by atoms with E-state index < -0.39 is 24.2 Å². The second-order valence-corrected chi connectivity index (χ2v) is 14.2. The summed E-state index contributed by atoms with van der Waals surface area (Å²) in [6.07, 6.45) is 0.548. The van der Waals surface area contributed by atoms with Gasteiger partial charge < -0.3 is 0 Å². The van der Waals surface area contributed by atoms with Gasteiger partial charge in [0.15, 0.2) is 0 Å². The van der Waals surface area contributed by atoms with Crippen molar-refractivity contribution in [1.29, 1.82) is 0 Å². The van der Waals surface area contributed by atoms with Crippen LogP contribution in [0.1, 0.15) is 11.1 Å². The van der Waals surface area contributed by atoms with Crippen LogP contribution in [0.15, 0.2) is 92.8 Å². The Bertz CT molecular complexity index is 1200. The quantitative estimate of drug-likeness (QED) is 0.522. The second kappa shape index (κ2) is 8.90. The molecule has 0 aliphatic carbocycles. The van der Waals surface area contributed by atoms with Gasteiger partial charge in [0.1, 0.15) is 0 Å². The Morgan fingerprint density at radius 3 is 2.41 bits per heavy atom. The molecule has 1 amide bonds. The van der Waals surface area contributed by atoms with E-state index in [4.69, 9.17) is 4.99 Å². The summed E-state index contributed by atoms with van der Waals surface area (Å²) in [6, 6.07) is 26.0. The molecule has 156 valence electrons. The molecule has 0 aromatic heterocycles. The van der Waals surface area contributed by atoms with Crippen molar-refractivity contribution < 1.29 is 34.1 Å². The predicted molar refractivity (Wildman–Crippen MR) is 123 cm³/mol. The third-order valence-corrected chi connectivity index (χ3v) is 11.2. The summed E-state index contributed by atoms with van der Waals surface area (Å²) in [5.74, 6) is 1.12. The van der Waals surface area contributed by atoms with Gasteiger partial charge in [-0.25, -0.2) is 0 Å². The van der Waals surface area contributed by atoms with Gasteiger partial charge in [-0.15, -0.1) is 0 Å². The molecule has 1 N–H and O–H groups in total. The van der Waals surface area contributed by atoms with Gasteiger partial charge in [0, 0.05) is 0 Å².